The van der Waals surface area contributed by atoms with E-state index >= 15 is 0 Å². The molecule has 3 N–H and O–H groups in total. The average molecular weight is 281 g/mol. The maximum absolute atomic E-state index is 8.83. The van der Waals surface area contributed by atoms with Gasteiger partial charge in [-0.3, -0.25) is 0 Å². The molecule has 2 rings (SSSR count). The van der Waals surface area contributed by atoms with Gasteiger partial charge in [0.05, 0.1) is 0 Å². The second-order valence-electron chi connectivity index (χ2n) is 3.27. The molecule has 0 amide bonds. The van der Waals surface area contributed by atoms with E-state index in [2.05, 4.69) is 42.7 Å². The normalized spacial score (nSPS) is 12.1. The summed E-state index contributed by atoms with van der Waals surface area (Å²) < 4.78 is 34.0. The molecule has 0 saturated heterocycles. The van der Waals surface area contributed by atoms with E-state index in [1.807, 2.05) is 11.3 Å². The molecule has 1 heterocycles. The zero-order chi connectivity index (χ0) is 13.1. The first kappa shape index (κ1) is 14.3. The van der Waals surface area contributed by atoms with Crippen LogP contribution in [-0.2, 0) is 6.54 Å². The van der Waals surface area contributed by atoms with Gasteiger partial charge in [0, 0.05) is 13.0 Å². The van der Waals surface area contributed by atoms with Gasteiger partial charge in [-0.15, -0.1) is 0 Å². The third-order valence-electron chi connectivity index (χ3n) is 2.11. The Bertz CT molecular complexity index is 489. The summed E-state index contributed by atoms with van der Waals surface area (Å²) in [5.74, 6) is 0. The summed E-state index contributed by atoms with van der Waals surface area (Å²) in [7, 11) is -4.19. The van der Waals surface area contributed by atoms with Gasteiger partial charge >= 0.3 is 28.9 Å². The van der Waals surface area contributed by atoms with Crippen LogP contribution in [-0.4, -0.2) is 14.0 Å². The van der Waals surface area contributed by atoms with Crippen molar-refractivity contribution in [2.75, 3.05) is 0 Å². The third kappa shape index (κ3) is 4.55. The zero-order valence-corrected chi connectivity index (χ0v) is 11.1. The van der Waals surface area contributed by atoms with Crippen molar-refractivity contribution in [3.05, 3.63) is 29.3 Å². The zero-order valence-electron chi connectivity index (χ0n) is 9.50. The first-order valence-electron chi connectivity index (χ1n) is 4.87. The molecule has 0 saturated carbocycles. The van der Waals surface area contributed by atoms with Crippen molar-refractivity contribution >= 4 is 21.6 Å². The predicted octanol–water partition coefficient (Wildman–Crippen LogP) is -0.343. The minimum absolute atomic E-state index is 1.07. The summed E-state index contributed by atoms with van der Waals surface area (Å²) in [6.07, 6.45) is 0. The number of fused-ring (bicyclic) bond motifs is 1. The predicted molar refractivity (Wildman–Crippen MR) is 59.1 cm³/mol. The van der Waals surface area contributed by atoms with Crippen molar-refractivity contribution in [3.63, 3.8) is 0 Å². The Morgan fingerprint density at radius 3 is 2.35 bits per heavy atom. The molecule has 2 aromatic rings. The van der Waals surface area contributed by atoms with Crippen molar-refractivity contribution in [1.82, 2.24) is 0 Å². The second kappa shape index (κ2) is 5.72. The molecule has 0 unspecified atom stereocenters. The van der Waals surface area contributed by atoms with Crippen LogP contribution in [0.3, 0.4) is 0 Å². The topological polar surface area (TPSA) is 87.6 Å². The van der Waals surface area contributed by atoms with Gasteiger partial charge in [0.15, 0.2) is 0 Å². The molecule has 0 aliphatic heterocycles. The van der Waals surface area contributed by atoms with Crippen LogP contribution in [0.5, 0.6) is 0 Å². The van der Waals surface area contributed by atoms with E-state index in [0.717, 1.165) is 6.54 Å². The van der Waals surface area contributed by atoms with Crippen LogP contribution in [0.2, 0.25) is 0 Å². The molecule has 1 aromatic carbocycles. The minimum atomic E-state index is -4.19. The van der Waals surface area contributed by atoms with E-state index in [1.165, 1.54) is 15.2 Å². The molecule has 0 spiro atoms. The summed E-state index contributed by atoms with van der Waals surface area (Å²) in [5, 5.41) is 1.39. The van der Waals surface area contributed by atoms with Gasteiger partial charge in [0.25, 0.3) is 0 Å². The summed E-state index contributed by atoms with van der Waals surface area (Å²) >= 11 is 1.87. The molecule has 5 nitrogen and oxygen atoms in total. The van der Waals surface area contributed by atoms with Crippen LogP contribution in [0.15, 0.2) is 24.3 Å². The number of rotatable bonds is 1. The fourth-order valence-electron chi connectivity index (χ4n) is 1.54. The number of thiazole rings is 1. The monoisotopic (exact) mass is 280 g/mol. The number of hydrogen-bond donors (Lipinski definition) is 3. The SMILES string of the molecule is CC[n+]1c(C)sc2ccccc21.[O-][Cl+](O)(O)O. The number of aryl methyl sites for hydroxylation is 2. The fraction of sp³-hybridized carbons (Fsp3) is 0.300. The molecule has 0 fully saturated rings. The number of benzene rings is 1. The summed E-state index contributed by atoms with van der Waals surface area (Å²) in [5.41, 5.74) is 1.36. The molecule has 0 aliphatic rings. The van der Waals surface area contributed by atoms with Gasteiger partial charge in [0.1, 0.15) is 11.2 Å². The van der Waals surface area contributed by atoms with Gasteiger partial charge in [-0.25, -0.2) is 0 Å². The summed E-state index contributed by atoms with van der Waals surface area (Å²) in [6, 6.07) is 8.56. The van der Waals surface area contributed by atoms with Crippen LogP contribution in [0.1, 0.15) is 11.9 Å². The van der Waals surface area contributed by atoms with Gasteiger partial charge in [-0.2, -0.15) is 4.57 Å². The number of halogens is 1. The standard InChI is InChI=1S/C10H12NS.ClH3O4/c1-3-11-8(2)12-10-7-5-4-6-9(10)11;2-1(3,4)5/h4-7H,3H2,1-2H3;2-4H/q+1;. The van der Waals surface area contributed by atoms with Crippen LogP contribution in [0.25, 0.3) is 10.2 Å². The molecule has 0 aliphatic carbocycles. The van der Waals surface area contributed by atoms with E-state index in [9.17, 15) is 0 Å². The Labute approximate surface area is 105 Å². The maximum atomic E-state index is 8.83. The Balaban J connectivity index is 0.000000249. The van der Waals surface area contributed by atoms with E-state index in [0.29, 0.717) is 0 Å². The molecule has 0 radical (unpaired) electrons. The first-order chi connectivity index (χ1) is 7.83. The molecule has 96 valence electrons. The van der Waals surface area contributed by atoms with Crippen LogP contribution < -0.4 is 9.23 Å². The first-order valence-corrected chi connectivity index (χ1v) is 7.01. The van der Waals surface area contributed by atoms with Crippen molar-refractivity contribution < 1.29 is 33.4 Å². The number of para-hydroxylation sites is 1. The molecule has 17 heavy (non-hydrogen) atoms. The van der Waals surface area contributed by atoms with Gasteiger partial charge in [-0.1, -0.05) is 23.5 Å². The Hall–Kier alpha value is -0.760. The van der Waals surface area contributed by atoms with E-state index in [-0.39, 0.29) is 0 Å². The van der Waals surface area contributed by atoms with Crippen molar-refractivity contribution in [2.45, 2.75) is 20.4 Å². The van der Waals surface area contributed by atoms with Crippen LogP contribution in [0.4, 0.5) is 0 Å². The Morgan fingerprint density at radius 1 is 1.29 bits per heavy atom. The average Bonchev–Trinajstić information content (AvgIpc) is 2.50. The van der Waals surface area contributed by atoms with Crippen LogP contribution in [0, 0.1) is 17.2 Å². The van der Waals surface area contributed by atoms with Gasteiger partial charge < -0.3 is 0 Å². The molecule has 7 heteroatoms. The van der Waals surface area contributed by atoms with E-state index in [1.54, 1.807) is 0 Å². The summed E-state index contributed by atoms with van der Waals surface area (Å²) in [6.45, 7) is 5.43. The molecule has 1 aromatic heterocycles. The Kier molecular flexibility index (Phi) is 4.81. The van der Waals surface area contributed by atoms with Gasteiger partial charge in [0.2, 0.25) is 10.5 Å². The van der Waals surface area contributed by atoms with E-state index < -0.39 is 10.2 Å². The van der Waals surface area contributed by atoms with E-state index in [4.69, 9.17) is 18.6 Å². The summed E-state index contributed by atoms with van der Waals surface area (Å²) in [4.78, 5) is 0. The second-order valence-corrected chi connectivity index (χ2v) is 5.37. The fourth-order valence-corrected chi connectivity index (χ4v) is 2.63. The number of nitrogens with zero attached hydrogens (tertiary/aromatic N) is 1. The van der Waals surface area contributed by atoms with Crippen LogP contribution >= 0.6 is 11.3 Å². The quantitative estimate of drug-likeness (QED) is 0.624. The molecule has 0 bridgehead atoms. The molecular weight excluding hydrogens is 266 g/mol. The van der Waals surface area contributed by atoms with Crippen molar-refractivity contribution in [2.24, 2.45) is 0 Å². The molecule has 0 atom stereocenters. The number of aromatic nitrogens is 1. The Morgan fingerprint density at radius 2 is 1.82 bits per heavy atom. The van der Waals surface area contributed by atoms with Crippen molar-refractivity contribution in [3.8, 4) is 0 Å². The molecular formula is C10H15ClNO4S+. The third-order valence-corrected chi connectivity index (χ3v) is 3.19. The van der Waals surface area contributed by atoms with Crippen molar-refractivity contribution in [1.29, 1.82) is 0 Å². The van der Waals surface area contributed by atoms with Gasteiger partial charge in [-0.05, 0) is 13.0 Å². The number of hydrogen-bond acceptors (Lipinski definition) is 5.